The van der Waals surface area contributed by atoms with Crippen LogP contribution >= 0.6 is 0 Å². The quantitative estimate of drug-likeness (QED) is 0.648. The van der Waals surface area contributed by atoms with Crippen molar-refractivity contribution in [1.82, 2.24) is 5.32 Å². The number of carboxylic acid groups (broad SMARTS) is 1. The van der Waals surface area contributed by atoms with Gasteiger partial charge in [0.05, 0.1) is 0 Å². The highest BCUT2D eigenvalue weighted by Crippen LogP contribution is 2.25. The van der Waals surface area contributed by atoms with E-state index in [0.717, 1.165) is 22.4 Å². The van der Waals surface area contributed by atoms with E-state index in [0.29, 0.717) is 19.6 Å². The molecule has 28 heavy (non-hydrogen) atoms. The number of nitrogens with zero attached hydrogens (tertiary/aromatic N) is 1. The summed E-state index contributed by atoms with van der Waals surface area (Å²) in [6.07, 6.45) is 1.10. The van der Waals surface area contributed by atoms with Gasteiger partial charge in [0, 0.05) is 32.3 Å². The summed E-state index contributed by atoms with van der Waals surface area (Å²) in [5, 5.41) is 12.0. The summed E-state index contributed by atoms with van der Waals surface area (Å²) in [7, 11) is 1.71. The van der Waals surface area contributed by atoms with E-state index in [2.05, 4.69) is 11.9 Å². The molecule has 0 fully saturated rings. The Bertz CT molecular complexity index is 818. The van der Waals surface area contributed by atoms with Gasteiger partial charge in [-0.2, -0.15) is 0 Å². The molecule has 6 nitrogen and oxygen atoms in total. The number of anilines is 1. The Morgan fingerprint density at radius 2 is 1.93 bits per heavy atom. The predicted octanol–water partition coefficient (Wildman–Crippen LogP) is 3.72. The molecule has 0 aromatic heterocycles. The zero-order valence-corrected chi connectivity index (χ0v) is 16.2. The molecule has 0 bridgehead atoms. The van der Waals surface area contributed by atoms with Crippen molar-refractivity contribution in [2.24, 2.45) is 0 Å². The molecule has 2 rings (SSSR count). The van der Waals surface area contributed by atoms with Crippen LogP contribution in [0.4, 0.5) is 10.5 Å². The van der Waals surface area contributed by atoms with Gasteiger partial charge in [0.1, 0.15) is 0 Å². The third kappa shape index (κ3) is 5.69. The van der Waals surface area contributed by atoms with Gasteiger partial charge in [-0.05, 0) is 35.7 Å². The van der Waals surface area contributed by atoms with Crippen molar-refractivity contribution < 1.29 is 19.4 Å². The minimum atomic E-state index is -0.962. The Balaban J connectivity index is 2.14. The van der Waals surface area contributed by atoms with Gasteiger partial charge in [-0.3, -0.25) is 4.90 Å². The van der Waals surface area contributed by atoms with Gasteiger partial charge >= 0.3 is 12.0 Å². The summed E-state index contributed by atoms with van der Waals surface area (Å²) in [5.41, 5.74) is 3.60. The van der Waals surface area contributed by atoms with Gasteiger partial charge in [-0.25, -0.2) is 9.59 Å². The Morgan fingerprint density at radius 3 is 2.54 bits per heavy atom. The average molecular weight is 382 g/mol. The lowest BCUT2D eigenvalue weighted by molar-refractivity contribution is -0.149. The number of rotatable bonds is 9. The van der Waals surface area contributed by atoms with E-state index >= 15 is 0 Å². The van der Waals surface area contributed by atoms with Gasteiger partial charge in [-0.1, -0.05) is 42.5 Å². The lowest BCUT2D eigenvalue weighted by Crippen LogP contribution is -2.37. The third-order valence-corrected chi connectivity index (χ3v) is 4.29. The summed E-state index contributed by atoms with van der Waals surface area (Å²) in [4.78, 5) is 24.9. The fourth-order valence-electron chi connectivity index (χ4n) is 2.76. The number of benzene rings is 2. The van der Waals surface area contributed by atoms with Gasteiger partial charge < -0.3 is 15.2 Å². The summed E-state index contributed by atoms with van der Waals surface area (Å²) >= 11 is 0. The van der Waals surface area contributed by atoms with Crippen molar-refractivity contribution in [1.29, 1.82) is 0 Å². The summed E-state index contributed by atoms with van der Waals surface area (Å²) in [6.45, 7) is 6.13. The van der Waals surface area contributed by atoms with Crippen molar-refractivity contribution in [3.63, 3.8) is 0 Å². The van der Waals surface area contributed by atoms with Crippen molar-refractivity contribution in [3.8, 4) is 11.1 Å². The van der Waals surface area contributed by atoms with Crippen LogP contribution in [-0.2, 0) is 16.0 Å². The highest BCUT2D eigenvalue weighted by Gasteiger charge is 2.18. The zero-order valence-electron chi connectivity index (χ0n) is 16.2. The van der Waals surface area contributed by atoms with Gasteiger partial charge in [0.15, 0.2) is 6.10 Å². The molecular formula is C22H26N2O4. The first kappa shape index (κ1) is 21.2. The normalized spacial score (nSPS) is 11.5. The molecule has 2 amide bonds. The Labute approximate surface area is 165 Å². The van der Waals surface area contributed by atoms with Gasteiger partial charge in [0.25, 0.3) is 0 Å². The molecule has 2 N–H and O–H groups in total. The number of carbonyl (C=O) groups is 2. The summed E-state index contributed by atoms with van der Waals surface area (Å²) in [5.74, 6) is -0.962. The Morgan fingerprint density at radius 1 is 1.21 bits per heavy atom. The molecule has 148 valence electrons. The number of aliphatic carboxylic acids is 1. The molecule has 0 aliphatic rings. The van der Waals surface area contributed by atoms with Crippen LogP contribution in [0, 0.1) is 0 Å². The molecular weight excluding hydrogens is 356 g/mol. The van der Waals surface area contributed by atoms with Crippen LogP contribution in [0.25, 0.3) is 11.1 Å². The fraction of sp³-hybridized carbons (Fsp3) is 0.273. The van der Waals surface area contributed by atoms with E-state index in [9.17, 15) is 14.7 Å². The van der Waals surface area contributed by atoms with E-state index in [1.807, 2.05) is 48.5 Å². The van der Waals surface area contributed by atoms with E-state index < -0.39 is 12.1 Å². The molecule has 0 aliphatic carbocycles. The lowest BCUT2D eigenvalue weighted by Gasteiger charge is -2.18. The Kier molecular flexibility index (Phi) is 7.77. The van der Waals surface area contributed by atoms with Crippen molar-refractivity contribution in [3.05, 3.63) is 66.7 Å². The minimum Gasteiger partial charge on any atom is -0.479 e. The molecule has 2 aromatic rings. The number of hydrogen-bond acceptors (Lipinski definition) is 3. The average Bonchev–Trinajstić information content (AvgIpc) is 2.71. The first-order valence-corrected chi connectivity index (χ1v) is 9.12. The molecule has 1 unspecified atom stereocenters. The topological polar surface area (TPSA) is 78.9 Å². The number of carbonyl (C=O) groups excluding carboxylic acids is 1. The van der Waals surface area contributed by atoms with Crippen LogP contribution < -0.4 is 10.2 Å². The third-order valence-electron chi connectivity index (χ3n) is 4.29. The number of nitrogens with one attached hydrogen (secondary N) is 1. The standard InChI is InChI=1S/C22H26N2O4/c1-4-13-23-22(27)24(3)19-8-6-7-18(15-19)17-11-9-16(10-12-17)14-20(21(25)26)28-5-2/h4,6-12,15,20H,1,5,13-14H2,2-3H3,(H,23,27)(H,25,26). The maximum atomic E-state index is 12.1. The predicted molar refractivity (Wildman–Crippen MR) is 111 cm³/mol. The molecule has 0 aliphatic heterocycles. The van der Waals surface area contributed by atoms with Crippen LogP contribution in [0.2, 0.25) is 0 Å². The maximum absolute atomic E-state index is 12.1. The molecule has 6 heteroatoms. The first-order valence-electron chi connectivity index (χ1n) is 9.12. The van der Waals surface area contributed by atoms with Crippen LogP contribution in [0.15, 0.2) is 61.2 Å². The van der Waals surface area contributed by atoms with Crippen LogP contribution in [-0.4, -0.2) is 43.4 Å². The van der Waals surface area contributed by atoms with Crippen LogP contribution in [0.3, 0.4) is 0 Å². The van der Waals surface area contributed by atoms with Crippen LogP contribution in [0.5, 0.6) is 0 Å². The highest BCUT2D eigenvalue weighted by molar-refractivity contribution is 5.92. The molecule has 1 atom stereocenters. The number of ether oxygens (including phenoxy) is 1. The zero-order chi connectivity index (χ0) is 20.5. The number of urea groups is 1. The van der Waals surface area contributed by atoms with Gasteiger partial charge in [-0.15, -0.1) is 6.58 Å². The van der Waals surface area contributed by atoms with E-state index in [4.69, 9.17) is 4.74 Å². The lowest BCUT2D eigenvalue weighted by atomic mass is 10.0. The number of amides is 2. The Hall–Kier alpha value is -3.12. The molecule has 0 spiro atoms. The largest absolute Gasteiger partial charge is 0.479 e. The molecule has 0 heterocycles. The second-order valence-electron chi connectivity index (χ2n) is 6.27. The molecule has 0 saturated heterocycles. The molecule has 0 radical (unpaired) electrons. The van der Waals surface area contributed by atoms with Crippen LogP contribution in [0.1, 0.15) is 12.5 Å². The number of carboxylic acids is 1. The summed E-state index contributed by atoms with van der Waals surface area (Å²) < 4.78 is 5.27. The van der Waals surface area contributed by atoms with E-state index in [-0.39, 0.29) is 6.03 Å². The summed E-state index contributed by atoms with van der Waals surface area (Å²) in [6, 6.07) is 15.1. The monoisotopic (exact) mass is 382 g/mol. The smallest absolute Gasteiger partial charge is 0.333 e. The fourth-order valence-corrected chi connectivity index (χ4v) is 2.76. The second-order valence-corrected chi connectivity index (χ2v) is 6.27. The maximum Gasteiger partial charge on any atom is 0.333 e. The number of hydrogen-bond donors (Lipinski definition) is 2. The van der Waals surface area contributed by atoms with E-state index in [1.165, 1.54) is 0 Å². The van der Waals surface area contributed by atoms with Crippen molar-refractivity contribution >= 4 is 17.7 Å². The molecule has 2 aromatic carbocycles. The van der Waals surface area contributed by atoms with Gasteiger partial charge in [0.2, 0.25) is 0 Å². The van der Waals surface area contributed by atoms with Crippen molar-refractivity contribution in [2.75, 3.05) is 25.1 Å². The second kappa shape index (κ2) is 10.3. The SMILES string of the molecule is C=CCNC(=O)N(C)c1cccc(-c2ccc(CC(OCC)C(=O)O)cc2)c1. The minimum absolute atomic E-state index is 0.206. The first-order chi connectivity index (χ1) is 13.5. The van der Waals surface area contributed by atoms with Crippen molar-refractivity contribution in [2.45, 2.75) is 19.4 Å². The highest BCUT2D eigenvalue weighted by atomic mass is 16.5. The van der Waals surface area contributed by atoms with E-state index in [1.54, 1.807) is 24.9 Å². The molecule has 0 saturated carbocycles.